The van der Waals surface area contributed by atoms with Crippen molar-refractivity contribution in [2.24, 2.45) is 0 Å². The number of pyridine rings is 1. The summed E-state index contributed by atoms with van der Waals surface area (Å²) in [5.41, 5.74) is 8.36. The fourth-order valence-electron chi connectivity index (χ4n) is 2.05. The number of aromatic amines is 1. The molecule has 16 heavy (non-hydrogen) atoms. The average molecular weight is 389 g/mol. The zero-order chi connectivity index (χ0) is 10.8. The molecule has 0 saturated heterocycles. The summed E-state index contributed by atoms with van der Waals surface area (Å²) in [4.78, 5) is 25.7. The minimum atomic E-state index is -0.900. The van der Waals surface area contributed by atoms with E-state index in [2.05, 4.69) is 4.98 Å². The van der Waals surface area contributed by atoms with Crippen molar-refractivity contribution in [2.45, 2.75) is 32.1 Å². The molecule has 1 aromatic rings. The van der Waals surface area contributed by atoms with Crippen LogP contribution < -0.4 is 5.43 Å². The van der Waals surface area contributed by atoms with Crippen LogP contribution in [-0.2, 0) is 33.9 Å². The van der Waals surface area contributed by atoms with Crippen molar-refractivity contribution in [2.75, 3.05) is 0 Å². The number of hydrogen-bond acceptors (Lipinski definition) is 2. The molecule has 0 saturated carbocycles. The first-order chi connectivity index (χ1) is 7.20. The maximum atomic E-state index is 11.8. The van der Waals surface area contributed by atoms with Gasteiger partial charge in [-0.15, -0.1) is 0 Å². The molecule has 0 aliphatic heterocycles. The average Bonchev–Trinajstić information content (AvgIpc) is 2.43. The van der Waals surface area contributed by atoms with Gasteiger partial charge in [0.25, 0.3) is 0 Å². The first-order valence-electron chi connectivity index (χ1n) is 5.19. The maximum absolute atomic E-state index is 11.8. The van der Waals surface area contributed by atoms with Crippen LogP contribution >= 0.6 is 0 Å². The number of nitrogens with one attached hydrogen (secondary N) is 2. The number of fused-ring (bicyclic) bond motifs is 1. The molecule has 0 aromatic carbocycles. The smallest absolute Gasteiger partial charge is 0.194 e. The third-order valence-electron chi connectivity index (χ3n) is 2.87. The first-order valence-corrected chi connectivity index (χ1v) is 5.19. The molecule has 0 radical (unpaired) electrons. The molecule has 1 aliphatic rings. The summed E-state index contributed by atoms with van der Waals surface area (Å²) in [6.07, 6.45) is 6.17. The Morgan fingerprint density at radius 2 is 1.94 bits per heavy atom. The summed E-state index contributed by atoms with van der Waals surface area (Å²) in [7, 11) is 0. The summed E-state index contributed by atoms with van der Waals surface area (Å²) in [5, 5.41) is 0. The summed E-state index contributed by atoms with van der Waals surface area (Å²) in [5.74, 6) is -0.900. The summed E-state index contributed by atoms with van der Waals surface area (Å²) < 4.78 is 0. The van der Waals surface area contributed by atoms with Crippen LogP contribution in [0.4, 0.5) is 0 Å². The number of hydrogen-bond donors (Lipinski definition) is 1. The van der Waals surface area contributed by atoms with E-state index in [1.165, 1.54) is 6.20 Å². The first kappa shape index (κ1) is 13.2. The van der Waals surface area contributed by atoms with Gasteiger partial charge in [0.2, 0.25) is 0 Å². The molecule has 1 aliphatic carbocycles. The van der Waals surface area contributed by atoms with Gasteiger partial charge in [-0.3, -0.25) is 4.79 Å². The molecule has 5 heteroatoms. The topological polar surface area (TPSA) is 73.7 Å². The number of carbonyl (C=O) groups is 1. The molecule has 0 atom stereocenters. The zero-order valence-electron chi connectivity index (χ0n) is 8.84. The number of rotatable bonds is 1. The monoisotopic (exact) mass is 389 g/mol. The van der Waals surface area contributed by atoms with Crippen LogP contribution in [0.5, 0.6) is 0 Å². The normalized spacial score (nSPS) is 14.5. The van der Waals surface area contributed by atoms with E-state index < -0.39 is 5.91 Å². The predicted octanol–water partition coefficient (Wildman–Crippen LogP) is 1.83. The molecule has 0 spiro atoms. The van der Waals surface area contributed by atoms with Crippen LogP contribution in [-0.4, -0.2) is 10.9 Å². The molecule has 0 fully saturated rings. The molecule has 0 unspecified atom stereocenters. The third-order valence-corrected chi connectivity index (χ3v) is 2.87. The Morgan fingerprint density at radius 1 is 1.25 bits per heavy atom. The SMILES string of the molecule is [NH-]C(=O)c1c[nH]c2c(c1=O)CCCCC2.[W]. The standard InChI is InChI=1S/C11H14N2O2.W/c12-11(15)8-6-13-9-5-3-1-2-4-7(9)10(8)14;/h6H,1-5H2,(H3,12,13,14,15);/p-1. The van der Waals surface area contributed by atoms with E-state index in [0.717, 1.165) is 37.8 Å². The van der Waals surface area contributed by atoms with Crippen molar-refractivity contribution in [3.05, 3.63) is 39.0 Å². The van der Waals surface area contributed by atoms with Gasteiger partial charge in [-0.05, 0) is 25.7 Å². The van der Waals surface area contributed by atoms with Gasteiger partial charge in [0.1, 0.15) is 0 Å². The van der Waals surface area contributed by atoms with Crippen LogP contribution in [0.15, 0.2) is 11.0 Å². The van der Waals surface area contributed by atoms with E-state index in [0.29, 0.717) is 5.56 Å². The molecule has 2 rings (SSSR count). The molecule has 1 heterocycles. The van der Waals surface area contributed by atoms with Crippen LogP contribution in [0.25, 0.3) is 5.73 Å². The van der Waals surface area contributed by atoms with Gasteiger partial charge in [-0.1, -0.05) is 6.42 Å². The molecule has 1 amide bonds. The van der Waals surface area contributed by atoms with E-state index >= 15 is 0 Å². The van der Waals surface area contributed by atoms with Gasteiger partial charge in [0, 0.05) is 38.5 Å². The molecule has 4 nitrogen and oxygen atoms in total. The maximum Gasteiger partial charge on any atom is 0.194 e. The molecular weight excluding hydrogens is 376 g/mol. The molecule has 86 valence electrons. The molecule has 1 aromatic heterocycles. The van der Waals surface area contributed by atoms with Gasteiger partial charge in [0.15, 0.2) is 5.43 Å². The van der Waals surface area contributed by atoms with E-state index in [1.54, 1.807) is 0 Å². The van der Waals surface area contributed by atoms with Crippen molar-refractivity contribution < 1.29 is 25.9 Å². The van der Waals surface area contributed by atoms with Crippen molar-refractivity contribution in [1.29, 1.82) is 0 Å². The molecule has 0 bridgehead atoms. The van der Waals surface area contributed by atoms with E-state index in [-0.39, 0.29) is 32.1 Å². The Balaban J connectivity index is 0.00000128. The quantitative estimate of drug-likeness (QED) is 0.745. The minimum Gasteiger partial charge on any atom is -0.663 e. The van der Waals surface area contributed by atoms with Gasteiger partial charge >= 0.3 is 0 Å². The number of amides is 1. The second-order valence-electron chi connectivity index (χ2n) is 3.88. The van der Waals surface area contributed by atoms with Crippen LogP contribution in [0.1, 0.15) is 40.9 Å². The minimum absolute atomic E-state index is 0. The summed E-state index contributed by atoms with van der Waals surface area (Å²) in [6, 6.07) is 0. The van der Waals surface area contributed by atoms with Gasteiger partial charge in [-0.2, -0.15) is 0 Å². The Hall–Kier alpha value is -0.892. The van der Waals surface area contributed by atoms with Gasteiger partial charge in [0.05, 0.1) is 11.5 Å². The Morgan fingerprint density at radius 3 is 2.62 bits per heavy atom. The second kappa shape index (κ2) is 5.44. The van der Waals surface area contributed by atoms with E-state index in [4.69, 9.17) is 5.73 Å². The van der Waals surface area contributed by atoms with Gasteiger partial charge < -0.3 is 15.5 Å². The predicted molar refractivity (Wildman–Crippen MR) is 57.0 cm³/mol. The number of carbonyl (C=O) groups excluding carboxylic acids is 1. The molecular formula is C11H13N2O2W-. The largest absolute Gasteiger partial charge is 0.663 e. The van der Waals surface area contributed by atoms with Gasteiger partial charge in [-0.25, -0.2) is 0 Å². The van der Waals surface area contributed by atoms with Crippen LogP contribution in [0.3, 0.4) is 0 Å². The molecule has 2 N–H and O–H groups in total. The van der Waals surface area contributed by atoms with Crippen molar-refractivity contribution in [1.82, 2.24) is 4.98 Å². The number of H-pyrrole nitrogens is 1. The fraction of sp³-hybridized carbons (Fsp3) is 0.455. The van der Waals surface area contributed by atoms with E-state index in [9.17, 15) is 9.59 Å². The Kier molecular flexibility index (Phi) is 4.48. The van der Waals surface area contributed by atoms with Crippen molar-refractivity contribution in [3.63, 3.8) is 0 Å². The fourth-order valence-corrected chi connectivity index (χ4v) is 2.05. The second-order valence-corrected chi connectivity index (χ2v) is 3.88. The number of aryl methyl sites for hydroxylation is 1. The third kappa shape index (κ3) is 2.43. The number of aromatic nitrogens is 1. The van der Waals surface area contributed by atoms with Crippen molar-refractivity contribution in [3.8, 4) is 0 Å². The summed E-state index contributed by atoms with van der Waals surface area (Å²) in [6.45, 7) is 0. The Bertz CT molecular complexity index is 454. The van der Waals surface area contributed by atoms with Crippen LogP contribution in [0.2, 0.25) is 0 Å². The summed E-state index contributed by atoms with van der Waals surface area (Å²) >= 11 is 0. The van der Waals surface area contributed by atoms with Crippen molar-refractivity contribution >= 4 is 5.91 Å². The Labute approximate surface area is 108 Å². The van der Waals surface area contributed by atoms with E-state index in [1.807, 2.05) is 0 Å². The van der Waals surface area contributed by atoms with Crippen LogP contribution in [0, 0.1) is 0 Å². The zero-order valence-corrected chi connectivity index (χ0v) is 11.8.